The van der Waals surface area contributed by atoms with Gasteiger partial charge in [0.15, 0.2) is 5.76 Å². The fraction of sp³-hybridized carbons (Fsp3) is 0.286. The van der Waals surface area contributed by atoms with Gasteiger partial charge in [0.1, 0.15) is 11.4 Å². The molecule has 8 heteroatoms. The number of carbonyl (C=O) groups is 1. The first-order chi connectivity index (χ1) is 10.1. The average molecular weight is 324 g/mol. The second-order valence-corrected chi connectivity index (χ2v) is 6.64. The topological polar surface area (TPSA) is 110 Å². The van der Waals surface area contributed by atoms with Crippen LogP contribution in [0.5, 0.6) is 0 Å². The van der Waals surface area contributed by atoms with Crippen molar-refractivity contribution in [2.45, 2.75) is 32.6 Å². The predicted molar refractivity (Wildman–Crippen MR) is 79.7 cm³/mol. The summed E-state index contributed by atoms with van der Waals surface area (Å²) in [5.41, 5.74) is 1.34. The third-order valence-corrected chi connectivity index (χ3v) is 4.89. The van der Waals surface area contributed by atoms with Gasteiger partial charge in [0.05, 0.1) is 10.5 Å². The van der Waals surface area contributed by atoms with E-state index in [1.54, 1.807) is 20.8 Å². The lowest BCUT2D eigenvalue weighted by Crippen LogP contribution is -2.17. The quantitative estimate of drug-likeness (QED) is 0.893. The maximum absolute atomic E-state index is 12.5. The smallest absolute Gasteiger partial charge is 0.336 e. The molecule has 0 amide bonds. The molecule has 22 heavy (non-hydrogen) atoms. The van der Waals surface area contributed by atoms with Crippen molar-refractivity contribution in [3.05, 3.63) is 40.3 Å². The summed E-state index contributed by atoms with van der Waals surface area (Å²) in [6.07, 6.45) is 0. The largest absolute Gasteiger partial charge is 0.478 e. The summed E-state index contributed by atoms with van der Waals surface area (Å²) < 4.78 is 32.4. The van der Waals surface area contributed by atoms with E-state index in [0.717, 1.165) is 0 Å². The van der Waals surface area contributed by atoms with Crippen LogP contribution in [0.25, 0.3) is 0 Å². The van der Waals surface area contributed by atoms with Gasteiger partial charge in [-0.1, -0.05) is 11.2 Å². The van der Waals surface area contributed by atoms with Gasteiger partial charge in [-0.25, -0.2) is 13.2 Å². The molecule has 0 saturated carbocycles. The first-order valence-corrected chi connectivity index (χ1v) is 7.92. The summed E-state index contributed by atoms with van der Waals surface area (Å²) in [4.78, 5) is 11.2. The van der Waals surface area contributed by atoms with E-state index in [2.05, 4.69) is 9.88 Å². The number of hydrogen-bond donors (Lipinski definition) is 2. The van der Waals surface area contributed by atoms with Gasteiger partial charge in [0.25, 0.3) is 10.0 Å². The molecule has 0 bridgehead atoms. The molecule has 0 aliphatic heterocycles. The van der Waals surface area contributed by atoms with Crippen molar-refractivity contribution < 1.29 is 22.8 Å². The number of sulfonamides is 1. The highest BCUT2D eigenvalue weighted by molar-refractivity contribution is 7.92. The lowest BCUT2D eigenvalue weighted by Gasteiger charge is -2.13. The number of aryl methyl sites for hydroxylation is 3. The number of nitrogens with zero attached hydrogens (tertiary/aromatic N) is 1. The molecule has 7 nitrogen and oxygen atoms in total. The molecular weight excluding hydrogens is 308 g/mol. The van der Waals surface area contributed by atoms with E-state index in [1.807, 2.05) is 0 Å². The molecule has 2 aromatic rings. The summed E-state index contributed by atoms with van der Waals surface area (Å²) >= 11 is 0. The number of carboxylic acids is 1. The van der Waals surface area contributed by atoms with E-state index in [4.69, 9.17) is 4.52 Å². The second-order valence-electron chi connectivity index (χ2n) is 4.99. The maximum Gasteiger partial charge on any atom is 0.336 e. The van der Waals surface area contributed by atoms with Crippen molar-refractivity contribution in [2.24, 2.45) is 0 Å². The van der Waals surface area contributed by atoms with Gasteiger partial charge in [-0.15, -0.1) is 0 Å². The second kappa shape index (κ2) is 5.45. The van der Waals surface area contributed by atoms with Crippen molar-refractivity contribution in [1.82, 2.24) is 5.16 Å². The third kappa shape index (κ3) is 2.69. The van der Waals surface area contributed by atoms with E-state index in [0.29, 0.717) is 17.0 Å². The normalized spacial score (nSPS) is 11.5. The Morgan fingerprint density at radius 3 is 2.36 bits per heavy atom. The molecule has 2 rings (SSSR count). The number of nitrogens with one attached hydrogen (secondary N) is 1. The van der Waals surface area contributed by atoms with Crippen molar-refractivity contribution in [1.29, 1.82) is 0 Å². The van der Waals surface area contributed by atoms with Crippen molar-refractivity contribution >= 4 is 21.7 Å². The average Bonchev–Trinajstić information content (AvgIpc) is 2.69. The lowest BCUT2D eigenvalue weighted by atomic mass is 10.0. The highest BCUT2D eigenvalue weighted by Gasteiger charge is 2.24. The summed E-state index contributed by atoms with van der Waals surface area (Å²) in [6.45, 7) is 6.29. The zero-order valence-electron chi connectivity index (χ0n) is 12.6. The predicted octanol–water partition coefficient (Wildman–Crippen LogP) is 2.41. The fourth-order valence-corrected chi connectivity index (χ4v) is 3.69. The molecule has 1 aromatic heterocycles. The minimum atomic E-state index is -3.95. The number of benzene rings is 1. The Bertz CT molecular complexity index is 833. The van der Waals surface area contributed by atoms with Crippen molar-refractivity contribution in [3.8, 4) is 0 Å². The summed E-state index contributed by atoms with van der Waals surface area (Å²) in [5.74, 6) is -0.825. The Hall–Kier alpha value is -2.35. The molecule has 1 heterocycles. The molecule has 2 N–H and O–H groups in total. The molecular formula is C14H16N2O5S. The minimum absolute atomic E-state index is 0.0124. The Balaban J connectivity index is 2.56. The third-order valence-electron chi connectivity index (χ3n) is 3.40. The first-order valence-electron chi connectivity index (χ1n) is 6.44. The number of rotatable bonds is 4. The SMILES string of the molecule is Cc1ccc(S(=O)(=O)Nc2c(C)noc2C)c(C)c1C(=O)O. The van der Waals surface area contributed by atoms with Crippen LogP contribution in [0.2, 0.25) is 0 Å². The van der Waals surface area contributed by atoms with E-state index in [9.17, 15) is 18.3 Å². The molecule has 0 unspecified atom stereocenters. The molecule has 0 spiro atoms. The molecule has 0 atom stereocenters. The van der Waals surface area contributed by atoms with Crippen LogP contribution >= 0.6 is 0 Å². The van der Waals surface area contributed by atoms with E-state index in [-0.39, 0.29) is 21.7 Å². The van der Waals surface area contributed by atoms with E-state index < -0.39 is 16.0 Å². The van der Waals surface area contributed by atoms with E-state index >= 15 is 0 Å². The van der Waals surface area contributed by atoms with Gasteiger partial charge in [0, 0.05) is 0 Å². The Labute approximate surface area is 128 Å². The Kier molecular flexibility index (Phi) is 3.97. The standard InChI is InChI=1S/C14H16N2O5S/c1-7-5-6-11(8(2)12(7)14(17)18)22(19,20)16-13-9(3)15-21-10(13)4/h5-6,16H,1-4H3,(H,17,18). The highest BCUT2D eigenvalue weighted by Crippen LogP contribution is 2.27. The molecule has 0 aliphatic rings. The van der Waals surface area contributed by atoms with Gasteiger partial charge in [-0.3, -0.25) is 4.72 Å². The van der Waals surface area contributed by atoms with Crippen LogP contribution < -0.4 is 4.72 Å². The van der Waals surface area contributed by atoms with Gasteiger partial charge in [0.2, 0.25) is 0 Å². The molecule has 1 aromatic carbocycles. The van der Waals surface area contributed by atoms with Crippen LogP contribution in [-0.2, 0) is 10.0 Å². The Morgan fingerprint density at radius 1 is 1.23 bits per heavy atom. The van der Waals surface area contributed by atoms with Gasteiger partial charge in [-0.2, -0.15) is 0 Å². The maximum atomic E-state index is 12.5. The van der Waals surface area contributed by atoms with Crippen molar-refractivity contribution in [2.75, 3.05) is 4.72 Å². The molecule has 118 valence electrons. The number of carboxylic acid groups (broad SMARTS) is 1. The minimum Gasteiger partial charge on any atom is -0.478 e. The van der Waals surface area contributed by atoms with Gasteiger partial charge < -0.3 is 9.63 Å². The number of aromatic nitrogens is 1. The van der Waals surface area contributed by atoms with Crippen LogP contribution in [0.4, 0.5) is 5.69 Å². The Morgan fingerprint density at radius 2 is 1.86 bits per heavy atom. The zero-order valence-corrected chi connectivity index (χ0v) is 13.4. The van der Waals surface area contributed by atoms with E-state index in [1.165, 1.54) is 19.1 Å². The molecule has 0 fully saturated rings. The highest BCUT2D eigenvalue weighted by atomic mass is 32.2. The van der Waals surface area contributed by atoms with Crippen LogP contribution in [0.3, 0.4) is 0 Å². The van der Waals surface area contributed by atoms with Crippen LogP contribution in [0.15, 0.2) is 21.6 Å². The van der Waals surface area contributed by atoms with Crippen LogP contribution in [0.1, 0.15) is 32.9 Å². The summed E-state index contributed by atoms with van der Waals surface area (Å²) in [7, 11) is -3.95. The number of hydrogen-bond acceptors (Lipinski definition) is 5. The number of anilines is 1. The summed E-state index contributed by atoms with van der Waals surface area (Å²) in [5, 5.41) is 12.9. The first kappa shape index (κ1) is 16.0. The molecule has 0 radical (unpaired) electrons. The molecule has 0 saturated heterocycles. The van der Waals surface area contributed by atoms with Crippen LogP contribution in [-0.4, -0.2) is 24.7 Å². The lowest BCUT2D eigenvalue weighted by molar-refractivity contribution is 0.0695. The van der Waals surface area contributed by atoms with Crippen molar-refractivity contribution in [3.63, 3.8) is 0 Å². The van der Waals surface area contributed by atoms with Gasteiger partial charge >= 0.3 is 5.97 Å². The van der Waals surface area contributed by atoms with Gasteiger partial charge in [-0.05, 0) is 44.9 Å². The van der Waals surface area contributed by atoms with Crippen LogP contribution in [0, 0.1) is 27.7 Å². The monoisotopic (exact) mass is 324 g/mol. The number of aromatic carboxylic acids is 1. The fourth-order valence-electron chi connectivity index (χ4n) is 2.27. The molecule has 0 aliphatic carbocycles. The summed E-state index contributed by atoms with van der Waals surface area (Å²) in [6, 6.07) is 2.86. The zero-order chi connectivity index (χ0) is 16.7.